The van der Waals surface area contributed by atoms with Gasteiger partial charge in [-0.25, -0.2) is 4.52 Å². The summed E-state index contributed by atoms with van der Waals surface area (Å²) in [6.07, 6.45) is 1.85. The Labute approximate surface area is 95.8 Å². The Morgan fingerprint density at radius 2 is 2.47 bits per heavy atom. The summed E-state index contributed by atoms with van der Waals surface area (Å²) in [5.74, 6) is 0.596. The molecular weight excluding hydrogens is 258 g/mol. The fourth-order valence-corrected chi connectivity index (χ4v) is 1.62. The first-order valence-corrected chi connectivity index (χ1v) is 5.46. The number of hydrogen-bond acceptors (Lipinski definition) is 4. The summed E-state index contributed by atoms with van der Waals surface area (Å²) in [6.45, 7) is 2.59. The summed E-state index contributed by atoms with van der Waals surface area (Å²) in [7, 11) is 0. The molecule has 2 aromatic heterocycles. The van der Waals surface area contributed by atoms with Crippen LogP contribution >= 0.6 is 15.9 Å². The molecule has 1 unspecified atom stereocenters. The minimum absolute atomic E-state index is 0.0834. The number of pyridine rings is 1. The van der Waals surface area contributed by atoms with Gasteiger partial charge in [-0.2, -0.15) is 4.98 Å². The fourth-order valence-electron chi connectivity index (χ4n) is 1.20. The van der Waals surface area contributed by atoms with Crippen LogP contribution in [0.15, 0.2) is 22.8 Å². The molecular formula is C9H12BrN5. The third kappa shape index (κ3) is 2.27. The van der Waals surface area contributed by atoms with Crippen molar-refractivity contribution in [1.29, 1.82) is 0 Å². The van der Waals surface area contributed by atoms with Gasteiger partial charge in [-0.1, -0.05) is 0 Å². The number of aromatic nitrogens is 3. The zero-order valence-corrected chi connectivity index (χ0v) is 9.90. The lowest BCUT2D eigenvalue weighted by Crippen LogP contribution is -2.25. The summed E-state index contributed by atoms with van der Waals surface area (Å²) in [5.41, 5.74) is 6.43. The highest BCUT2D eigenvalue weighted by Gasteiger charge is 2.05. The van der Waals surface area contributed by atoms with Crippen LogP contribution in [0.1, 0.15) is 6.92 Å². The molecule has 0 saturated carbocycles. The molecule has 0 spiro atoms. The van der Waals surface area contributed by atoms with Crippen molar-refractivity contribution in [2.45, 2.75) is 13.0 Å². The van der Waals surface area contributed by atoms with Gasteiger partial charge < -0.3 is 11.1 Å². The van der Waals surface area contributed by atoms with E-state index in [-0.39, 0.29) is 6.04 Å². The minimum Gasteiger partial charge on any atom is -0.351 e. The highest BCUT2D eigenvalue weighted by molar-refractivity contribution is 9.10. The highest BCUT2D eigenvalue weighted by atomic mass is 79.9. The van der Waals surface area contributed by atoms with E-state index >= 15 is 0 Å². The molecule has 0 bridgehead atoms. The van der Waals surface area contributed by atoms with Gasteiger partial charge in [0.25, 0.3) is 0 Å². The molecule has 2 heterocycles. The summed E-state index contributed by atoms with van der Waals surface area (Å²) in [5, 5.41) is 7.33. The number of nitrogens with zero attached hydrogens (tertiary/aromatic N) is 3. The van der Waals surface area contributed by atoms with Gasteiger partial charge in [0.1, 0.15) is 0 Å². The third-order valence-corrected chi connectivity index (χ3v) is 2.52. The van der Waals surface area contributed by atoms with Crippen LogP contribution in [0, 0.1) is 0 Å². The topological polar surface area (TPSA) is 68.2 Å². The van der Waals surface area contributed by atoms with Gasteiger partial charge in [-0.05, 0) is 35.0 Å². The monoisotopic (exact) mass is 269 g/mol. The van der Waals surface area contributed by atoms with Crippen LogP contribution in [0.5, 0.6) is 0 Å². The van der Waals surface area contributed by atoms with Crippen LogP contribution in [0.4, 0.5) is 5.95 Å². The van der Waals surface area contributed by atoms with Gasteiger partial charge in [0.2, 0.25) is 5.95 Å². The highest BCUT2D eigenvalue weighted by Crippen LogP contribution is 2.16. The van der Waals surface area contributed by atoms with Gasteiger partial charge in [0, 0.05) is 18.8 Å². The molecule has 2 aromatic rings. The van der Waals surface area contributed by atoms with Crippen molar-refractivity contribution in [2.75, 3.05) is 11.9 Å². The first-order valence-electron chi connectivity index (χ1n) is 4.67. The largest absolute Gasteiger partial charge is 0.351 e. The summed E-state index contributed by atoms with van der Waals surface area (Å²) >= 11 is 3.41. The number of hydrogen-bond donors (Lipinski definition) is 2. The summed E-state index contributed by atoms with van der Waals surface area (Å²) in [4.78, 5) is 4.32. The lowest BCUT2D eigenvalue weighted by Gasteiger charge is -2.03. The smallest absolute Gasteiger partial charge is 0.243 e. The molecule has 2 rings (SSSR count). The fraction of sp³-hybridized carbons (Fsp3) is 0.333. The standard InChI is InChI=1S/C9H12BrN5/c1-6(11)5-12-9-13-8-7(10)3-2-4-15(8)14-9/h2-4,6H,5,11H2,1H3,(H,12,14). The van der Waals surface area contributed by atoms with Crippen LogP contribution in [0.3, 0.4) is 0 Å². The molecule has 0 aliphatic heterocycles. The molecule has 0 aliphatic rings. The first-order chi connectivity index (χ1) is 7.16. The van der Waals surface area contributed by atoms with E-state index in [1.54, 1.807) is 4.52 Å². The average Bonchev–Trinajstić information content (AvgIpc) is 2.59. The maximum atomic E-state index is 5.63. The Morgan fingerprint density at radius 3 is 3.13 bits per heavy atom. The van der Waals surface area contributed by atoms with Crippen LogP contribution in [-0.2, 0) is 0 Å². The zero-order valence-electron chi connectivity index (χ0n) is 8.31. The van der Waals surface area contributed by atoms with Crippen LogP contribution < -0.4 is 11.1 Å². The van der Waals surface area contributed by atoms with Crippen molar-refractivity contribution in [1.82, 2.24) is 14.6 Å². The van der Waals surface area contributed by atoms with Crippen LogP contribution in [-0.4, -0.2) is 27.2 Å². The van der Waals surface area contributed by atoms with Gasteiger partial charge in [-0.3, -0.25) is 0 Å². The quantitative estimate of drug-likeness (QED) is 0.880. The molecule has 0 radical (unpaired) electrons. The first kappa shape index (κ1) is 10.4. The van der Waals surface area contributed by atoms with E-state index in [4.69, 9.17) is 5.73 Å². The Balaban J connectivity index is 2.27. The lowest BCUT2D eigenvalue weighted by molar-refractivity contribution is 0.772. The molecule has 3 N–H and O–H groups in total. The third-order valence-electron chi connectivity index (χ3n) is 1.90. The minimum atomic E-state index is 0.0834. The number of halogens is 1. The Bertz CT molecular complexity index is 464. The van der Waals surface area contributed by atoms with Crippen LogP contribution in [0.2, 0.25) is 0 Å². The van der Waals surface area contributed by atoms with E-state index in [1.165, 1.54) is 0 Å². The zero-order chi connectivity index (χ0) is 10.8. The van der Waals surface area contributed by atoms with E-state index < -0.39 is 0 Å². The molecule has 80 valence electrons. The summed E-state index contributed by atoms with van der Waals surface area (Å²) < 4.78 is 2.64. The van der Waals surface area contributed by atoms with E-state index in [9.17, 15) is 0 Å². The maximum absolute atomic E-state index is 5.63. The summed E-state index contributed by atoms with van der Waals surface area (Å²) in [6, 6.07) is 3.92. The number of anilines is 1. The molecule has 0 aromatic carbocycles. The molecule has 0 aliphatic carbocycles. The number of nitrogens with one attached hydrogen (secondary N) is 1. The molecule has 6 heteroatoms. The second-order valence-corrected chi connectivity index (χ2v) is 4.27. The normalized spacial score (nSPS) is 13.0. The second-order valence-electron chi connectivity index (χ2n) is 3.42. The number of fused-ring (bicyclic) bond motifs is 1. The van der Waals surface area contributed by atoms with Crippen molar-refractivity contribution >= 4 is 27.5 Å². The molecule has 0 fully saturated rings. The number of nitrogens with two attached hydrogens (primary N) is 1. The molecule has 0 amide bonds. The van der Waals surface area contributed by atoms with Gasteiger partial charge in [0.05, 0.1) is 4.47 Å². The van der Waals surface area contributed by atoms with Gasteiger partial charge >= 0.3 is 0 Å². The van der Waals surface area contributed by atoms with Crippen LogP contribution in [0.25, 0.3) is 5.65 Å². The van der Waals surface area contributed by atoms with Crippen molar-refractivity contribution in [3.63, 3.8) is 0 Å². The Hall–Kier alpha value is -1.14. The van der Waals surface area contributed by atoms with Crippen molar-refractivity contribution in [2.24, 2.45) is 5.73 Å². The van der Waals surface area contributed by atoms with Gasteiger partial charge in [-0.15, -0.1) is 5.10 Å². The van der Waals surface area contributed by atoms with E-state index in [0.29, 0.717) is 12.5 Å². The average molecular weight is 270 g/mol. The Morgan fingerprint density at radius 1 is 1.67 bits per heavy atom. The van der Waals surface area contributed by atoms with Crippen molar-refractivity contribution in [3.8, 4) is 0 Å². The van der Waals surface area contributed by atoms with E-state index in [0.717, 1.165) is 10.1 Å². The van der Waals surface area contributed by atoms with Gasteiger partial charge in [0.15, 0.2) is 5.65 Å². The lowest BCUT2D eigenvalue weighted by atomic mass is 10.4. The molecule has 1 atom stereocenters. The number of rotatable bonds is 3. The SMILES string of the molecule is CC(N)CNc1nc2c(Br)cccn2n1. The maximum Gasteiger partial charge on any atom is 0.243 e. The van der Waals surface area contributed by atoms with Crippen molar-refractivity contribution < 1.29 is 0 Å². The molecule has 5 nitrogen and oxygen atoms in total. The Kier molecular flexibility index (Phi) is 2.88. The molecule has 0 saturated heterocycles. The predicted molar refractivity (Wildman–Crippen MR) is 62.8 cm³/mol. The van der Waals surface area contributed by atoms with E-state index in [2.05, 4.69) is 31.3 Å². The van der Waals surface area contributed by atoms with E-state index in [1.807, 2.05) is 25.3 Å². The predicted octanol–water partition coefficient (Wildman–Crippen LogP) is 1.25. The second kappa shape index (κ2) is 4.16. The molecule has 15 heavy (non-hydrogen) atoms. The van der Waals surface area contributed by atoms with Crippen molar-refractivity contribution in [3.05, 3.63) is 22.8 Å².